The number of aliphatic hydroxyl groups is 1. The van der Waals surface area contributed by atoms with Crippen molar-refractivity contribution in [2.45, 2.75) is 42.8 Å². The first-order chi connectivity index (χ1) is 19.1. The summed E-state index contributed by atoms with van der Waals surface area (Å²) >= 11 is 0. The molecule has 0 fully saturated rings. The molecule has 0 spiro atoms. The molecule has 3 aromatic rings. The van der Waals surface area contributed by atoms with Crippen LogP contribution in [0, 0.1) is 15.9 Å². The van der Waals surface area contributed by atoms with Gasteiger partial charge in [-0.1, -0.05) is 42.5 Å². The van der Waals surface area contributed by atoms with E-state index in [9.17, 15) is 37.0 Å². The quantitative estimate of drug-likeness (QED) is 0.209. The molecule has 0 aliphatic carbocycles. The van der Waals surface area contributed by atoms with Gasteiger partial charge < -0.3 is 9.84 Å². The highest BCUT2D eigenvalue weighted by atomic mass is 32.2. The summed E-state index contributed by atoms with van der Waals surface area (Å²) in [6.45, 7) is 2.93. The second kappa shape index (κ2) is 11.0. The van der Waals surface area contributed by atoms with Crippen LogP contribution in [-0.2, 0) is 22.1 Å². The molecule has 4 rings (SSSR count). The van der Waals surface area contributed by atoms with Crippen LogP contribution in [0.15, 0.2) is 66.7 Å². The highest BCUT2D eigenvalue weighted by Crippen LogP contribution is 2.48. The van der Waals surface area contributed by atoms with Gasteiger partial charge in [0.05, 0.1) is 21.4 Å². The van der Waals surface area contributed by atoms with Gasteiger partial charge in [-0.3, -0.25) is 10.1 Å². The number of fused-ring (bicyclic) bond motifs is 1. The van der Waals surface area contributed by atoms with Crippen molar-refractivity contribution in [2.24, 2.45) is 0 Å². The predicted molar refractivity (Wildman–Crippen MR) is 145 cm³/mol. The molecule has 8 nitrogen and oxygen atoms in total. The Kier molecular flexibility index (Phi) is 8.09. The summed E-state index contributed by atoms with van der Waals surface area (Å²) in [6, 6.07) is 14.4. The minimum Gasteiger partial charge on any atom is -0.488 e. The molecule has 13 heteroatoms. The molecule has 218 valence electrons. The van der Waals surface area contributed by atoms with E-state index in [0.29, 0.717) is 0 Å². The summed E-state index contributed by atoms with van der Waals surface area (Å²) in [5.74, 6) is -0.632. The predicted octanol–water partition coefficient (Wildman–Crippen LogP) is 5.27. The molecule has 41 heavy (non-hydrogen) atoms. The topological polar surface area (TPSA) is 115 Å². The van der Waals surface area contributed by atoms with Crippen LogP contribution in [0.1, 0.15) is 37.6 Å². The van der Waals surface area contributed by atoms with Crippen molar-refractivity contribution in [3.8, 4) is 17.0 Å². The number of rotatable bonds is 8. The average Bonchev–Trinajstić information content (AvgIpc) is 3.25. The summed E-state index contributed by atoms with van der Waals surface area (Å²) in [6.07, 6.45) is -2.25. The third kappa shape index (κ3) is 6.16. The van der Waals surface area contributed by atoms with Crippen LogP contribution >= 0.6 is 0 Å². The van der Waals surface area contributed by atoms with Crippen LogP contribution in [-0.4, -0.2) is 43.3 Å². The fraction of sp³-hybridized carbons (Fsp3) is 0.321. The van der Waals surface area contributed by atoms with E-state index in [1.807, 2.05) is 0 Å². The second-order valence-corrected chi connectivity index (χ2v) is 12.5. The first-order valence-electron chi connectivity index (χ1n) is 12.4. The number of alkyl halides is 3. The first kappa shape index (κ1) is 30.3. The van der Waals surface area contributed by atoms with Crippen molar-refractivity contribution in [3.63, 3.8) is 0 Å². The monoisotopic (exact) mass is 593 g/mol. The van der Waals surface area contributed by atoms with Crippen molar-refractivity contribution in [2.75, 3.05) is 13.2 Å². The standard InChI is InChI=1S/C28H27F4N3O5S/c1-25(2,3)41(39)34-26(14-13-18-7-5-4-6-8-18)17-40-24-21(26)15-22(27(36,16-35(37)38)28(30,31)32)33-23(24)19-9-11-20(29)12-10-19/h4-15,34,36H,16-17H2,1-3H3/b14-13+. The van der Waals surface area contributed by atoms with Crippen LogP contribution in [0.2, 0.25) is 0 Å². The van der Waals surface area contributed by atoms with Gasteiger partial charge in [0.15, 0.2) is 5.75 Å². The molecule has 2 aromatic carbocycles. The summed E-state index contributed by atoms with van der Waals surface area (Å²) in [5, 5.41) is 22.1. The van der Waals surface area contributed by atoms with Gasteiger partial charge >= 0.3 is 6.18 Å². The fourth-order valence-corrected chi connectivity index (χ4v) is 5.04. The Morgan fingerprint density at radius 2 is 1.78 bits per heavy atom. The molecule has 1 aliphatic rings. The van der Waals surface area contributed by atoms with Gasteiger partial charge in [-0.05, 0) is 56.7 Å². The Bertz CT molecular complexity index is 1490. The lowest BCUT2D eigenvalue weighted by Crippen LogP contribution is -2.50. The number of hydrogen-bond acceptors (Lipinski definition) is 6. The molecule has 2 heterocycles. The molecule has 0 saturated heterocycles. The van der Waals surface area contributed by atoms with E-state index in [4.69, 9.17) is 4.74 Å². The van der Waals surface area contributed by atoms with Crippen LogP contribution < -0.4 is 9.46 Å². The van der Waals surface area contributed by atoms with E-state index in [1.54, 1.807) is 63.3 Å². The Hall–Kier alpha value is -3.68. The first-order valence-corrected chi connectivity index (χ1v) is 13.5. The van der Waals surface area contributed by atoms with Gasteiger partial charge in [-0.15, -0.1) is 0 Å². The van der Waals surface area contributed by atoms with Gasteiger partial charge in [-0.25, -0.2) is 18.3 Å². The number of benzene rings is 2. The molecule has 1 aliphatic heterocycles. The smallest absolute Gasteiger partial charge is 0.429 e. The molecule has 0 radical (unpaired) electrons. The Morgan fingerprint density at radius 1 is 1.15 bits per heavy atom. The minimum absolute atomic E-state index is 0.0117. The number of halogens is 4. The summed E-state index contributed by atoms with van der Waals surface area (Å²) in [4.78, 5) is 14.0. The van der Waals surface area contributed by atoms with E-state index < -0.39 is 56.0 Å². The maximum atomic E-state index is 14.3. The Balaban J connectivity index is 2.03. The second-order valence-electron chi connectivity index (χ2n) is 10.6. The molecule has 3 unspecified atom stereocenters. The van der Waals surface area contributed by atoms with Gasteiger partial charge in [0.25, 0.3) is 5.60 Å². The summed E-state index contributed by atoms with van der Waals surface area (Å²) in [5.41, 5.74) is -5.91. The maximum Gasteiger partial charge on any atom is 0.429 e. The molecular weight excluding hydrogens is 566 g/mol. The van der Waals surface area contributed by atoms with Crippen molar-refractivity contribution in [1.82, 2.24) is 9.71 Å². The molecule has 0 bridgehead atoms. The number of pyridine rings is 1. The Morgan fingerprint density at radius 3 is 2.34 bits per heavy atom. The number of nitrogens with one attached hydrogen (secondary N) is 1. The lowest BCUT2D eigenvalue weighted by atomic mass is 9.87. The fourth-order valence-electron chi connectivity index (χ4n) is 4.17. The summed E-state index contributed by atoms with van der Waals surface area (Å²) < 4.78 is 78.0. The van der Waals surface area contributed by atoms with Crippen LogP contribution in [0.5, 0.6) is 5.75 Å². The lowest BCUT2D eigenvalue weighted by Gasteiger charge is -2.31. The van der Waals surface area contributed by atoms with Crippen LogP contribution in [0.4, 0.5) is 17.6 Å². The highest BCUT2D eigenvalue weighted by molar-refractivity contribution is 7.84. The van der Waals surface area contributed by atoms with Gasteiger partial charge in [0.1, 0.15) is 23.7 Å². The zero-order valence-corrected chi connectivity index (χ0v) is 23.1. The third-order valence-electron chi connectivity index (χ3n) is 6.46. The summed E-state index contributed by atoms with van der Waals surface area (Å²) in [7, 11) is -1.78. The van der Waals surface area contributed by atoms with Gasteiger partial charge in [-0.2, -0.15) is 13.2 Å². The van der Waals surface area contributed by atoms with Gasteiger partial charge in [0.2, 0.25) is 6.54 Å². The normalized spacial score (nSPS) is 19.4. The van der Waals surface area contributed by atoms with Gasteiger partial charge in [0, 0.05) is 16.1 Å². The van der Waals surface area contributed by atoms with Crippen molar-refractivity contribution in [3.05, 3.63) is 99.5 Å². The molecule has 0 amide bonds. The highest BCUT2D eigenvalue weighted by Gasteiger charge is 2.61. The van der Waals surface area contributed by atoms with Crippen LogP contribution in [0.25, 0.3) is 17.3 Å². The molecule has 0 saturated carbocycles. The van der Waals surface area contributed by atoms with Crippen LogP contribution in [0.3, 0.4) is 0 Å². The molecule has 1 aromatic heterocycles. The van der Waals surface area contributed by atoms with E-state index in [1.165, 1.54) is 12.1 Å². The van der Waals surface area contributed by atoms with E-state index in [0.717, 1.165) is 23.8 Å². The van der Waals surface area contributed by atoms with E-state index in [-0.39, 0.29) is 29.2 Å². The minimum atomic E-state index is -5.50. The average molecular weight is 594 g/mol. The Labute approximate surface area is 235 Å². The lowest BCUT2D eigenvalue weighted by molar-refractivity contribution is -0.519. The number of nitro groups is 1. The van der Waals surface area contributed by atoms with Crippen molar-refractivity contribution in [1.29, 1.82) is 0 Å². The number of aromatic nitrogens is 1. The number of ether oxygens (including phenoxy) is 1. The van der Waals surface area contributed by atoms with E-state index >= 15 is 0 Å². The molecule has 3 atom stereocenters. The maximum absolute atomic E-state index is 14.3. The number of hydrogen-bond donors (Lipinski definition) is 2. The molecule has 2 N–H and O–H groups in total. The SMILES string of the molecule is CC(C)(C)S(=O)NC1(/C=C/c2ccccc2)COc2c1cc(C(O)(C[N+](=O)[O-])C(F)(F)F)nc2-c1ccc(F)cc1. The van der Waals surface area contributed by atoms with Crippen molar-refractivity contribution >= 4 is 17.1 Å². The largest absolute Gasteiger partial charge is 0.488 e. The zero-order valence-electron chi connectivity index (χ0n) is 22.2. The third-order valence-corrected chi connectivity index (χ3v) is 8.12. The molecular formula is C28H27F4N3O5S. The van der Waals surface area contributed by atoms with Crippen molar-refractivity contribution < 1.29 is 36.5 Å². The van der Waals surface area contributed by atoms with E-state index in [2.05, 4.69) is 9.71 Å². The zero-order chi connectivity index (χ0) is 30.2. The number of nitrogens with zero attached hydrogens (tertiary/aromatic N) is 2.